The Morgan fingerprint density at radius 2 is 1.94 bits per heavy atom. The summed E-state index contributed by atoms with van der Waals surface area (Å²) in [6.45, 7) is 0. The third-order valence-corrected chi connectivity index (χ3v) is 5.45. The van der Waals surface area contributed by atoms with Gasteiger partial charge in [-0.15, -0.1) is 0 Å². The van der Waals surface area contributed by atoms with Gasteiger partial charge in [0.1, 0.15) is 9.84 Å². The van der Waals surface area contributed by atoms with E-state index in [2.05, 4.69) is 21.2 Å². The molecule has 1 aliphatic heterocycles. The molecule has 3 nitrogen and oxygen atoms in total. The average Bonchev–Trinajstić information content (AvgIpc) is 2.25. The molecular formula is C11H13BrClNO2S. The second-order valence-corrected chi connectivity index (χ2v) is 7.79. The summed E-state index contributed by atoms with van der Waals surface area (Å²) in [6.07, 6.45) is 1.33. The highest BCUT2D eigenvalue weighted by molar-refractivity contribution is 9.10. The normalized spacial score (nSPS) is 20.1. The van der Waals surface area contributed by atoms with Gasteiger partial charge in [0.15, 0.2) is 0 Å². The molecular weight excluding hydrogens is 326 g/mol. The van der Waals surface area contributed by atoms with Crippen molar-refractivity contribution in [3.63, 3.8) is 0 Å². The lowest BCUT2D eigenvalue weighted by Crippen LogP contribution is -2.32. The summed E-state index contributed by atoms with van der Waals surface area (Å²) >= 11 is 9.29. The first-order chi connectivity index (χ1) is 7.96. The monoisotopic (exact) mass is 337 g/mol. The highest BCUT2D eigenvalue weighted by Crippen LogP contribution is 2.28. The van der Waals surface area contributed by atoms with E-state index < -0.39 is 9.84 Å². The molecule has 1 saturated heterocycles. The molecule has 1 heterocycles. The molecule has 1 fully saturated rings. The maximum Gasteiger partial charge on any atom is 0.150 e. The zero-order chi connectivity index (χ0) is 12.5. The van der Waals surface area contributed by atoms with Gasteiger partial charge in [0, 0.05) is 21.2 Å². The Hall–Kier alpha value is -0.260. The molecule has 17 heavy (non-hydrogen) atoms. The fourth-order valence-electron chi connectivity index (χ4n) is 1.86. The molecule has 1 aliphatic rings. The molecule has 0 unspecified atom stereocenters. The Balaban J connectivity index is 2.02. The van der Waals surface area contributed by atoms with Crippen molar-refractivity contribution < 1.29 is 8.42 Å². The van der Waals surface area contributed by atoms with E-state index in [9.17, 15) is 8.42 Å². The molecule has 0 aliphatic carbocycles. The molecule has 1 aromatic carbocycles. The fraction of sp³-hybridized carbons (Fsp3) is 0.455. The summed E-state index contributed by atoms with van der Waals surface area (Å²) in [6, 6.07) is 5.75. The second kappa shape index (κ2) is 5.16. The molecule has 2 rings (SSSR count). The summed E-state index contributed by atoms with van der Waals surface area (Å²) in [5, 5.41) is 4.02. The standard InChI is InChI=1S/C11H13BrClNO2S/c12-10-7-8(13)1-2-11(10)14-9-3-5-17(15,16)6-4-9/h1-2,7,9,14H,3-6H2. The van der Waals surface area contributed by atoms with Gasteiger partial charge in [0.05, 0.1) is 11.5 Å². The van der Waals surface area contributed by atoms with Crippen molar-refractivity contribution in [2.24, 2.45) is 0 Å². The Morgan fingerprint density at radius 1 is 1.29 bits per heavy atom. The number of hydrogen-bond acceptors (Lipinski definition) is 3. The van der Waals surface area contributed by atoms with Crippen molar-refractivity contribution in [1.82, 2.24) is 0 Å². The van der Waals surface area contributed by atoms with Crippen LogP contribution in [0.4, 0.5) is 5.69 Å². The second-order valence-electron chi connectivity index (χ2n) is 4.19. The topological polar surface area (TPSA) is 46.2 Å². The average molecular weight is 339 g/mol. The molecule has 94 valence electrons. The molecule has 0 bridgehead atoms. The lowest BCUT2D eigenvalue weighted by molar-refractivity contribution is 0.559. The predicted molar refractivity (Wildman–Crippen MR) is 74.5 cm³/mol. The van der Waals surface area contributed by atoms with Crippen LogP contribution >= 0.6 is 27.5 Å². The largest absolute Gasteiger partial charge is 0.381 e. The van der Waals surface area contributed by atoms with Crippen molar-refractivity contribution in [3.8, 4) is 0 Å². The molecule has 0 saturated carbocycles. The summed E-state index contributed by atoms with van der Waals surface area (Å²) in [5.74, 6) is 0.547. The molecule has 0 radical (unpaired) electrons. The van der Waals surface area contributed by atoms with Crippen molar-refractivity contribution in [2.75, 3.05) is 16.8 Å². The number of halogens is 2. The molecule has 0 spiro atoms. The maximum atomic E-state index is 11.3. The number of sulfone groups is 1. The third-order valence-electron chi connectivity index (χ3n) is 2.85. The Bertz CT molecular complexity index is 504. The molecule has 0 amide bonds. The Kier molecular flexibility index (Phi) is 4.00. The molecule has 0 atom stereocenters. The predicted octanol–water partition coefficient (Wildman–Crippen LogP) is 3.09. The number of benzene rings is 1. The van der Waals surface area contributed by atoms with E-state index in [4.69, 9.17) is 11.6 Å². The number of rotatable bonds is 2. The minimum atomic E-state index is -2.80. The highest BCUT2D eigenvalue weighted by atomic mass is 79.9. The number of hydrogen-bond donors (Lipinski definition) is 1. The van der Waals surface area contributed by atoms with Gasteiger partial charge in [-0.25, -0.2) is 8.42 Å². The van der Waals surface area contributed by atoms with Crippen LogP contribution < -0.4 is 5.32 Å². The zero-order valence-corrected chi connectivity index (χ0v) is 12.3. The molecule has 6 heteroatoms. The first-order valence-corrected chi connectivity index (χ1v) is 8.37. The maximum absolute atomic E-state index is 11.3. The van der Waals surface area contributed by atoms with E-state index in [1.54, 1.807) is 0 Å². The fourth-order valence-corrected chi connectivity index (χ4v) is 4.15. The van der Waals surface area contributed by atoms with Gasteiger partial charge >= 0.3 is 0 Å². The van der Waals surface area contributed by atoms with Gasteiger partial charge in [-0.1, -0.05) is 11.6 Å². The Labute approximate surface area is 115 Å². The van der Waals surface area contributed by atoms with Crippen molar-refractivity contribution in [3.05, 3.63) is 27.7 Å². The van der Waals surface area contributed by atoms with Crippen LogP contribution in [0.25, 0.3) is 0 Å². The van der Waals surface area contributed by atoms with E-state index in [-0.39, 0.29) is 17.5 Å². The van der Waals surface area contributed by atoms with Crippen LogP contribution in [-0.4, -0.2) is 26.0 Å². The zero-order valence-electron chi connectivity index (χ0n) is 9.12. The molecule has 1 N–H and O–H groups in total. The smallest absolute Gasteiger partial charge is 0.150 e. The first-order valence-electron chi connectivity index (χ1n) is 5.38. The lowest BCUT2D eigenvalue weighted by Gasteiger charge is -2.24. The van der Waals surface area contributed by atoms with Gasteiger partial charge < -0.3 is 5.32 Å². The minimum absolute atomic E-state index is 0.219. The van der Waals surface area contributed by atoms with E-state index in [1.807, 2.05) is 18.2 Å². The third kappa shape index (κ3) is 3.60. The van der Waals surface area contributed by atoms with Crippen LogP contribution in [0.1, 0.15) is 12.8 Å². The SMILES string of the molecule is O=S1(=O)CCC(Nc2ccc(Cl)cc2Br)CC1. The van der Waals surface area contributed by atoms with E-state index >= 15 is 0 Å². The summed E-state index contributed by atoms with van der Waals surface area (Å²) in [5.41, 5.74) is 0.957. The van der Waals surface area contributed by atoms with Gasteiger partial charge in [0.25, 0.3) is 0 Å². The van der Waals surface area contributed by atoms with Crippen LogP contribution in [0.15, 0.2) is 22.7 Å². The number of anilines is 1. The van der Waals surface area contributed by atoms with E-state index in [0.29, 0.717) is 17.9 Å². The Morgan fingerprint density at radius 3 is 2.53 bits per heavy atom. The van der Waals surface area contributed by atoms with Crippen LogP contribution in [0.2, 0.25) is 5.02 Å². The molecule has 0 aromatic heterocycles. The van der Waals surface area contributed by atoms with Gasteiger partial charge in [-0.2, -0.15) is 0 Å². The van der Waals surface area contributed by atoms with Crippen molar-refractivity contribution >= 4 is 43.1 Å². The molecule has 1 aromatic rings. The van der Waals surface area contributed by atoms with Crippen molar-refractivity contribution in [2.45, 2.75) is 18.9 Å². The van der Waals surface area contributed by atoms with Gasteiger partial charge in [-0.05, 0) is 47.0 Å². The van der Waals surface area contributed by atoms with E-state index in [0.717, 1.165) is 10.2 Å². The summed E-state index contributed by atoms with van der Waals surface area (Å²) in [7, 11) is -2.80. The summed E-state index contributed by atoms with van der Waals surface area (Å²) < 4.78 is 23.5. The number of nitrogens with one attached hydrogen (secondary N) is 1. The quantitative estimate of drug-likeness (QED) is 0.901. The first kappa shape index (κ1) is 13.2. The van der Waals surface area contributed by atoms with Gasteiger partial charge in [0.2, 0.25) is 0 Å². The lowest BCUT2D eigenvalue weighted by atomic mass is 10.1. The highest BCUT2D eigenvalue weighted by Gasteiger charge is 2.23. The van der Waals surface area contributed by atoms with Crippen LogP contribution in [-0.2, 0) is 9.84 Å². The van der Waals surface area contributed by atoms with Crippen LogP contribution in [0.3, 0.4) is 0 Å². The van der Waals surface area contributed by atoms with Gasteiger partial charge in [-0.3, -0.25) is 0 Å². The minimum Gasteiger partial charge on any atom is -0.381 e. The summed E-state index contributed by atoms with van der Waals surface area (Å²) in [4.78, 5) is 0. The van der Waals surface area contributed by atoms with E-state index in [1.165, 1.54) is 0 Å². The van der Waals surface area contributed by atoms with Crippen LogP contribution in [0.5, 0.6) is 0 Å². The van der Waals surface area contributed by atoms with Crippen molar-refractivity contribution in [1.29, 1.82) is 0 Å². The van der Waals surface area contributed by atoms with Crippen LogP contribution in [0, 0.1) is 0 Å².